The Hall–Kier alpha value is -5.12. The summed E-state index contributed by atoms with van der Waals surface area (Å²) in [6.45, 7) is 9.22. The molecule has 6 heterocycles. The van der Waals surface area contributed by atoms with E-state index >= 15 is 0 Å². The van der Waals surface area contributed by atoms with Gasteiger partial charge in [0, 0.05) is 37.7 Å². The lowest BCUT2D eigenvalue weighted by atomic mass is 10.1. The van der Waals surface area contributed by atoms with E-state index in [4.69, 9.17) is 33.9 Å². The molecule has 17 nitrogen and oxygen atoms in total. The summed E-state index contributed by atoms with van der Waals surface area (Å²) in [6.07, 6.45) is 11.6. The van der Waals surface area contributed by atoms with E-state index in [1.54, 1.807) is 36.7 Å². The summed E-state index contributed by atoms with van der Waals surface area (Å²) < 4.78 is 29.7. The Morgan fingerprint density at radius 3 is 1.72 bits per heavy atom. The van der Waals surface area contributed by atoms with Gasteiger partial charge < -0.3 is 54.1 Å². The molecule has 2 aliphatic heterocycles. The number of nitro groups is 2. The van der Waals surface area contributed by atoms with Crippen LogP contribution in [0.4, 0.5) is 11.6 Å². The molecule has 2 unspecified atom stereocenters. The fourth-order valence-electron chi connectivity index (χ4n) is 5.41. The summed E-state index contributed by atoms with van der Waals surface area (Å²) in [5, 5.41) is 39.2. The van der Waals surface area contributed by atoms with Crippen molar-refractivity contribution in [2.75, 3.05) is 13.2 Å². The van der Waals surface area contributed by atoms with Crippen LogP contribution in [0.2, 0.25) is 0 Å². The Balaban J connectivity index is 0.000000226. The molecule has 61 heavy (non-hydrogen) atoms. The topological polar surface area (TPSA) is 224 Å². The first-order chi connectivity index (χ1) is 29.0. The van der Waals surface area contributed by atoms with Gasteiger partial charge >= 0.3 is 11.6 Å². The van der Waals surface area contributed by atoms with Gasteiger partial charge in [0.15, 0.2) is 25.0 Å². The van der Waals surface area contributed by atoms with Gasteiger partial charge in [-0.2, -0.15) is 0 Å². The molecule has 0 saturated carbocycles. The molecule has 0 aliphatic carbocycles. The minimum atomic E-state index is -0.748. The van der Waals surface area contributed by atoms with Crippen molar-refractivity contribution in [2.24, 2.45) is 0 Å². The first-order valence-electron chi connectivity index (χ1n) is 19.1. The smallest absolute Gasteiger partial charge is 0.406 e. The lowest BCUT2D eigenvalue weighted by Crippen LogP contribution is -2.33. The molecular weight excluding hydrogens is 924 g/mol. The average Bonchev–Trinajstić information content (AvgIpc) is 3.22. The number of hydrogen-bond acceptors (Lipinski definition) is 15. The summed E-state index contributed by atoms with van der Waals surface area (Å²) in [6, 6.07) is 9.81. The number of aliphatic hydroxyl groups excluding tert-OH is 1. The van der Waals surface area contributed by atoms with Crippen LogP contribution in [-0.4, -0.2) is 77.0 Å². The van der Waals surface area contributed by atoms with Crippen molar-refractivity contribution < 1.29 is 43.7 Å². The van der Waals surface area contributed by atoms with Gasteiger partial charge in [-0.15, -0.1) is 0 Å². The second kappa shape index (κ2) is 23.8. The lowest BCUT2D eigenvalue weighted by Gasteiger charge is -2.29. The molecule has 6 rings (SSSR count). The maximum Gasteiger partial charge on any atom is 0.406 e. The van der Waals surface area contributed by atoms with Crippen LogP contribution < -0.4 is 4.74 Å². The standard InChI is InChI=1S/C21H22BrN3O5.C16H21NO3.C5H3BrN2O3/c1-21(2,30-19-5-3-4-10-28-19)8-6-17-11-15(7-9-23-17)14-29-18-12-16(22)13-24-20(18)25(26)27;1-16(2,20-15-5-3-4-10-19-15)8-6-14-11-13(12-18)7-9-17-14;6-3-1-4(9)5(7-2-3)8(10)11/h7,9,11-13,19H,3-5,10,14H2,1-2H3;7,9,11,15,18H,3-5,10,12H2,1-2H3;1-2,9H. The van der Waals surface area contributed by atoms with Crippen molar-refractivity contribution >= 4 is 43.5 Å². The molecule has 4 aromatic rings. The fraction of sp³-hybridized carbons (Fsp3) is 0.429. The molecule has 0 aromatic carbocycles. The molecule has 2 atom stereocenters. The fourth-order valence-corrected chi connectivity index (χ4v) is 6.04. The predicted octanol–water partition coefficient (Wildman–Crippen LogP) is 8.10. The van der Waals surface area contributed by atoms with Crippen LogP contribution >= 0.6 is 31.9 Å². The zero-order chi connectivity index (χ0) is 44.4. The molecule has 4 aromatic heterocycles. The molecule has 2 aliphatic rings. The van der Waals surface area contributed by atoms with Crippen LogP contribution in [0.3, 0.4) is 0 Å². The van der Waals surface area contributed by atoms with E-state index in [0.717, 1.165) is 56.3 Å². The summed E-state index contributed by atoms with van der Waals surface area (Å²) in [5.74, 6) is 11.0. The van der Waals surface area contributed by atoms with Gasteiger partial charge in [-0.3, -0.25) is 0 Å². The van der Waals surface area contributed by atoms with Gasteiger partial charge in [0.1, 0.15) is 29.2 Å². The number of aromatic hydroxyl groups is 1. The largest absolute Gasteiger partial charge is 0.501 e. The lowest BCUT2D eigenvalue weighted by molar-refractivity contribution is -0.390. The van der Waals surface area contributed by atoms with E-state index in [2.05, 4.69) is 75.5 Å². The Bertz CT molecular complexity index is 2230. The van der Waals surface area contributed by atoms with Crippen LogP contribution in [0, 0.1) is 43.9 Å². The first kappa shape index (κ1) is 48.5. The van der Waals surface area contributed by atoms with Gasteiger partial charge in [-0.1, -0.05) is 11.8 Å². The normalized spacial score (nSPS) is 16.1. The number of halogens is 2. The van der Waals surface area contributed by atoms with Gasteiger partial charge in [0.2, 0.25) is 11.5 Å². The maximum atomic E-state index is 11.1. The Labute approximate surface area is 370 Å². The maximum absolute atomic E-state index is 11.1. The molecular formula is C42H46Br2N6O11. The number of aliphatic hydroxyl groups is 1. The number of nitrogens with zero attached hydrogens (tertiary/aromatic N) is 6. The summed E-state index contributed by atoms with van der Waals surface area (Å²) in [5.41, 5.74) is 1.51. The van der Waals surface area contributed by atoms with Crippen molar-refractivity contribution in [1.82, 2.24) is 19.9 Å². The molecule has 2 fully saturated rings. The Morgan fingerprint density at radius 2 is 1.25 bits per heavy atom. The van der Waals surface area contributed by atoms with Crippen molar-refractivity contribution in [2.45, 2.75) is 103 Å². The second-order valence-corrected chi connectivity index (χ2v) is 16.2. The molecule has 19 heteroatoms. The highest BCUT2D eigenvalue weighted by Gasteiger charge is 2.25. The third-order valence-corrected chi connectivity index (χ3v) is 9.16. The van der Waals surface area contributed by atoms with E-state index in [1.165, 1.54) is 24.5 Å². The highest BCUT2D eigenvalue weighted by molar-refractivity contribution is 9.10. The van der Waals surface area contributed by atoms with Gasteiger partial charge in [0.05, 0.1) is 15.6 Å². The monoisotopic (exact) mass is 968 g/mol. The van der Waals surface area contributed by atoms with Crippen LogP contribution in [0.1, 0.15) is 88.7 Å². The number of pyridine rings is 4. The van der Waals surface area contributed by atoms with E-state index < -0.39 is 32.6 Å². The van der Waals surface area contributed by atoms with Crippen LogP contribution in [-0.2, 0) is 32.2 Å². The zero-order valence-corrected chi connectivity index (χ0v) is 37.2. The predicted molar refractivity (Wildman–Crippen MR) is 229 cm³/mol. The summed E-state index contributed by atoms with van der Waals surface area (Å²) in [7, 11) is 0. The van der Waals surface area contributed by atoms with Gasteiger partial charge in [0.25, 0.3) is 0 Å². The van der Waals surface area contributed by atoms with Gasteiger partial charge in [-0.25, -0.2) is 9.97 Å². The van der Waals surface area contributed by atoms with E-state index in [1.807, 2.05) is 27.7 Å². The van der Waals surface area contributed by atoms with Crippen LogP contribution in [0.5, 0.6) is 11.5 Å². The van der Waals surface area contributed by atoms with Crippen molar-refractivity contribution in [3.63, 3.8) is 0 Å². The van der Waals surface area contributed by atoms with E-state index in [0.29, 0.717) is 26.9 Å². The van der Waals surface area contributed by atoms with Gasteiger partial charge in [-0.05, 0) is 165 Å². The zero-order valence-electron chi connectivity index (χ0n) is 34.0. The number of rotatable bonds is 10. The van der Waals surface area contributed by atoms with Crippen molar-refractivity contribution in [3.05, 3.63) is 113 Å². The van der Waals surface area contributed by atoms with E-state index in [9.17, 15) is 20.2 Å². The molecule has 2 saturated heterocycles. The molecule has 0 radical (unpaired) electrons. The highest BCUT2D eigenvalue weighted by Crippen LogP contribution is 2.29. The molecule has 0 bridgehead atoms. The Kier molecular flexibility index (Phi) is 18.9. The van der Waals surface area contributed by atoms with Crippen LogP contribution in [0.25, 0.3) is 0 Å². The summed E-state index contributed by atoms with van der Waals surface area (Å²) >= 11 is 6.24. The second-order valence-electron chi connectivity index (χ2n) is 14.4. The first-order valence-corrected chi connectivity index (χ1v) is 20.7. The average molecular weight is 971 g/mol. The Morgan fingerprint density at radius 1 is 0.754 bits per heavy atom. The molecule has 2 N–H and O–H groups in total. The van der Waals surface area contributed by atoms with Crippen molar-refractivity contribution in [1.29, 1.82) is 0 Å². The van der Waals surface area contributed by atoms with E-state index in [-0.39, 0.29) is 37.4 Å². The van der Waals surface area contributed by atoms with Crippen molar-refractivity contribution in [3.8, 4) is 35.2 Å². The highest BCUT2D eigenvalue weighted by atomic mass is 79.9. The quantitative estimate of drug-likeness (QED) is 0.0870. The minimum absolute atomic E-state index is 0.00694. The summed E-state index contributed by atoms with van der Waals surface area (Å²) in [4.78, 5) is 35.5. The third-order valence-electron chi connectivity index (χ3n) is 8.30. The minimum Gasteiger partial charge on any atom is -0.501 e. The number of ether oxygens (including phenoxy) is 5. The van der Waals surface area contributed by atoms with Crippen LogP contribution in [0.15, 0.2) is 70.1 Å². The SMILES string of the molecule is CC(C)(C#Cc1cc(CO)ccn1)OC1CCCCO1.CC(C)(C#Cc1cc(COc2cc(Br)cnc2[N+](=O)[O-])ccn1)OC1CCCCO1.O=[N+]([O-])c1ncc(Br)cc1O. The molecule has 324 valence electrons. The molecule has 0 amide bonds. The third kappa shape index (κ3) is 17.4. The molecule has 0 spiro atoms. The number of aromatic nitrogens is 4. The number of hydrogen-bond donors (Lipinski definition) is 2.